The number of nitrogens with zero attached hydrogens (tertiary/aromatic N) is 2. The van der Waals surface area contributed by atoms with Crippen LogP contribution in [0.4, 0.5) is 5.69 Å². The average molecular weight is 453 g/mol. The average Bonchev–Trinajstić information content (AvgIpc) is 2.79. The number of ether oxygens (including phenoxy) is 1. The van der Waals surface area contributed by atoms with E-state index in [0.717, 1.165) is 16.7 Å². The van der Waals surface area contributed by atoms with Crippen LogP contribution >= 0.6 is 11.6 Å². The normalized spacial score (nSPS) is 11.8. The van der Waals surface area contributed by atoms with Crippen LogP contribution in [-0.2, 0) is 6.54 Å². The van der Waals surface area contributed by atoms with E-state index in [-0.39, 0.29) is 12.3 Å². The van der Waals surface area contributed by atoms with E-state index < -0.39 is 11.0 Å². The molecule has 1 N–H and O–H groups in total. The number of aliphatic hydroxyl groups excluding tert-OH is 1. The number of halogens is 1. The van der Waals surface area contributed by atoms with E-state index in [0.29, 0.717) is 30.4 Å². The van der Waals surface area contributed by atoms with Crippen LogP contribution in [0, 0.1) is 10.1 Å². The Balaban J connectivity index is 1.56. The predicted molar refractivity (Wildman–Crippen MR) is 127 cm³/mol. The maximum atomic E-state index is 10.7. The van der Waals surface area contributed by atoms with Crippen molar-refractivity contribution >= 4 is 17.3 Å². The van der Waals surface area contributed by atoms with Gasteiger partial charge in [-0.1, -0.05) is 60.1 Å². The zero-order valence-corrected chi connectivity index (χ0v) is 18.3. The molecular weight excluding hydrogens is 428 g/mol. The van der Waals surface area contributed by atoms with Crippen LogP contribution in [0.15, 0.2) is 85.5 Å². The highest BCUT2D eigenvalue weighted by molar-refractivity contribution is 6.33. The fraction of sp³-hybridized carbons (Fsp3) is 0.200. The topological polar surface area (TPSA) is 75.8 Å². The molecule has 0 bridgehead atoms. The molecule has 3 aromatic rings. The zero-order valence-electron chi connectivity index (χ0n) is 17.6. The summed E-state index contributed by atoms with van der Waals surface area (Å²) in [6, 6.07) is 21.7. The molecule has 0 aromatic heterocycles. The molecule has 0 saturated heterocycles. The van der Waals surface area contributed by atoms with Crippen LogP contribution in [-0.4, -0.2) is 40.7 Å². The van der Waals surface area contributed by atoms with Crippen LogP contribution in [0.1, 0.15) is 5.56 Å². The third-order valence-electron chi connectivity index (χ3n) is 4.89. The van der Waals surface area contributed by atoms with E-state index in [1.54, 1.807) is 6.08 Å². The molecule has 32 heavy (non-hydrogen) atoms. The molecular formula is C25H25ClN2O4. The van der Waals surface area contributed by atoms with Crippen LogP contribution in [0.2, 0.25) is 5.02 Å². The van der Waals surface area contributed by atoms with Gasteiger partial charge in [-0.2, -0.15) is 0 Å². The number of hydrogen-bond donors (Lipinski definition) is 1. The van der Waals surface area contributed by atoms with Gasteiger partial charge in [-0.3, -0.25) is 15.0 Å². The number of non-ortho nitro benzene ring substituents is 1. The summed E-state index contributed by atoms with van der Waals surface area (Å²) in [6.07, 6.45) is 1.06. The molecule has 0 heterocycles. The molecule has 0 aliphatic heterocycles. The lowest BCUT2D eigenvalue weighted by molar-refractivity contribution is -0.384. The first-order chi connectivity index (χ1) is 15.5. The number of nitro benzene ring substituents is 1. The molecule has 166 valence electrons. The summed E-state index contributed by atoms with van der Waals surface area (Å²) in [4.78, 5) is 12.3. The molecule has 3 aromatic carbocycles. The molecule has 7 heteroatoms. The first-order valence-corrected chi connectivity index (χ1v) is 10.6. The van der Waals surface area contributed by atoms with Gasteiger partial charge in [-0.25, -0.2) is 0 Å². The number of hydrogen-bond acceptors (Lipinski definition) is 5. The van der Waals surface area contributed by atoms with Crippen molar-refractivity contribution in [3.05, 3.63) is 106 Å². The number of rotatable bonds is 11. The minimum absolute atomic E-state index is 0.00406. The maximum absolute atomic E-state index is 10.7. The Hall–Kier alpha value is -3.19. The minimum atomic E-state index is -0.729. The van der Waals surface area contributed by atoms with Crippen molar-refractivity contribution < 1.29 is 14.8 Å². The second-order valence-electron chi connectivity index (χ2n) is 7.38. The summed E-state index contributed by atoms with van der Waals surface area (Å²) in [7, 11) is 0. The first kappa shape index (κ1) is 23.5. The molecule has 0 saturated carbocycles. The molecule has 1 atom stereocenters. The second-order valence-corrected chi connectivity index (χ2v) is 7.78. The molecule has 0 aliphatic carbocycles. The summed E-state index contributed by atoms with van der Waals surface area (Å²) in [6.45, 7) is 5.53. The van der Waals surface area contributed by atoms with Gasteiger partial charge in [0.05, 0.1) is 4.92 Å². The Morgan fingerprint density at radius 1 is 1.09 bits per heavy atom. The largest absolute Gasteiger partial charge is 0.491 e. The monoisotopic (exact) mass is 452 g/mol. The van der Waals surface area contributed by atoms with Gasteiger partial charge in [0.25, 0.3) is 5.69 Å². The number of nitro groups is 1. The summed E-state index contributed by atoms with van der Waals surface area (Å²) in [5.74, 6) is 0.472. The third kappa shape index (κ3) is 6.65. The summed E-state index contributed by atoms with van der Waals surface area (Å²) in [5, 5.41) is 21.9. The van der Waals surface area contributed by atoms with Crippen LogP contribution in [0.3, 0.4) is 0 Å². The van der Waals surface area contributed by atoms with E-state index in [1.165, 1.54) is 24.3 Å². The van der Waals surface area contributed by atoms with Gasteiger partial charge < -0.3 is 9.84 Å². The van der Waals surface area contributed by atoms with Crippen molar-refractivity contribution in [3.8, 4) is 16.9 Å². The quantitative estimate of drug-likeness (QED) is 0.241. The van der Waals surface area contributed by atoms with Crippen molar-refractivity contribution in [1.29, 1.82) is 0 Å². The Morgan fingerprint density at radius 3 is 2.41 bits per heavy atom. The lowest BCUT2D eigenvalue weighted by Crippen LogP contribution is -2.35. The highest BCUT2D eigenvalue weighted by atomic mass is 35.5. The van der Waals surface area contributed by atoms with Gasteiger partial charge in [-0.15, -0.1) is 6.58 Å². The fourth-order valence-electron chi connectivity index (χ4n) is 3.34. The van der Waals surface area contributed by atoms with Crippen molar-refractivity contribution in [2.75, 3.05) is 19.7 Å². The van der Waals surface area contributed by atoms with Gasteiger partial charge in [0.15, 0.2) is 0 Å². The van der Waals surface area contributed by atoms with Crippen molar-refractivity contribution in [2.24, 2.45) is 0 Å². The SMILES string of the molecule is C=CCN(Cc1ccc(-c2ccccc2Cl)cc1)CC(O)COc1ccc([N+](=O)[O-])cc1. The predicted octanol–water partition coefficient (Wildman–Crippen LogP) is 5.34. The highest BCUT2D eigenvalue weighted by Gasteiger charge is 2.13. The summed E-state index contributed by atoms with van der Waals surface area (Å²) in [5.41, 5.74) is 3.13. The molecule has 6 nitrogen and oxygen atoms in total. The van der Waals surface area contributed by atoms with Gasteiger partial charge >= 0.3 is 0 Å². The number of benzene rings is 3. The minimum Gasteiger partial charge on any atom is -0.491 e. The third-order valence-corrected chi connectivity index (χ3v) is 5.22. The molecule has 0 aliphatic rings. The van der Waals surface area contributed by atoms with Crippen molar-refractivity contribution in [1.82, 2.24) is 4.90 Å². The lowest BCUT2D eigenvalue weighted by Gasteiger charge is -2.24. The Morgan fingerprint density at radius 2 is 1.78 bits per heavy atom. The summed E-state index contributed by atoms with van der Waals surface area (Å²) >= 11 is 6.29. The first-order valence-electron chi connectivity index (χ1n) is 10.2. The van der Waals surface area contributed by atoms with E-state index in [2.05, 4.69) is 23.6 Å². The van der Waals surface area contributed by atoms with Crippen LogP contribution < -0.4 is 4.74 Å². The number of aliphatic hydroxyl groups is 1. The van der Waals surface area contributed by atoms with Crippen LogP contribution in [0.25, 0.3) is 11.1 Å². The van der Waals surface area contributed by atoms with E-state index >= 15 is 0 Å². The molecule has 1 unspecified atom stereocenters. The second kappa shape index (κ2) is 11.4. The standard InChI is InChI=1S/C25H25ClN2O4/c1-2-15-27(17-22(29)18-32-23-13-11-21(12-14-23)28(30)31)16-19-7-9-20(10-8-19)24-5-3-4-6-25(24)26/h2-14,22,29H,1,15-18H2. The highest BCUT2D eigenvalue weighted by Crippen LogP contribution is 2.27. The fourth-order valence-corrected chi connectivity index (χ4v) is 3.58. The van der Waals surface area contributed by atoms with Gasteiger partial charge in [0, 0.05) is 42.4 Å². The van der Waals surface area contributed by atoms with E-state index in [9.17, 15) is 15.2 Å². The summed E-state index contributed by atoms with van der Waals surface area (Å²) < 4.78 is 5.57. The Bertz CT molecular complexity index is 1040. The Kier molecular flexibility index (Phi) is 8.39. The lowest BCUT2D eigenvalue weighted by atomic mass is 10.0. The maximum Gasteiger partial charge on any atom is 0.269 e. The Labute approximate surface area is 192 Å². The van der Waals surface area contributed by atoms with Crippen molar-refractivity contribution in [3.63, 3.8) is 0 Å². The van der Waals surface area contributed by atoms with Crippen LogP contribution in [0.5, 0.6) is 5.75 Å². The van der Waals surface area contributed by atoms with E-state index in [4.69, 9.17) is 16.3 Å². The molecule has 3 rings (SSSR count). The van der Waals surface area contributed by atoms with E-state index in [1.807, 2.05) is 36.4 Å². The van der Waals surface area contributed by atoms with Gasteiger partial charge in [0.1, 0.15) is 18.5 Å². The molecule has 0 radical (unpaired) electrons. The molecule has 0 spiro atoms. The van der Waals surface area contributed by atoms with Gasteiger partial charge in [0.2, 0.25) is 0 Å². The zero-order chi connectivity index (χ0) is 22.9. The molecule has 0 fully saturated rings. The molecule has 0 amide bonds. The van der Waals surface area contributed by atoms with Crippen molar-refractivity contribution in [2.45, 2.75) is 12.6 Å². The van der Waals surface area contributed by atoms with Gasteiger partial charge in [-0.05, 0) is 29.3 Å². The smallest absolute Gasteiger partial charge is 0.269 e.